The number of nitrogens with one attached hydrogen (secondary N) is 1. The number of hydrogen-bond donors (Lipinski definition) is 1. The zero-order valence-corrected chi connectivity index (χ0v) is 13.8. The van der Waals surface area contributed by atoms with Crippen molar-refractivity contribution < 1.29 is 4.79 Å². The van der Waals surface area contributed by atoms with Gasteiger partial charge in [-0.1, -0.05) is 23.5 Å². The Labute approximate surface area is 142 Å². The second kappa shape index (κ2) is 6.08. The van der Waals surface area contributed by atoms with Gasteiger partial charge in [0.15, 0.2) is 5.82 Å². The third-order valence-corrected chi connectivity index (χ3v) is 4.63. The van der Waals surface area contributed by atoms with Gasteiger partial charge in [-0.15, -0.1) is 10.2 Å². The second-order valence-electron chi connectivity index (χ2n) is 5.62. The zero-order chi connectivity index (χ0) is 16.5. The summed E-state index contributed by atoms with van der Waals surface area (Å²) in [5, 5.41) is 18.8. The molecular weight excluding hydrogens is 326 g/mol. The van der Waals surface area contributed by atoms with E-state index in [1.165, 1.54) is 0 Å². The van der Waals surface area contributed by atoms with Crippen molar-refractivity contribution in [3.8, 4) is 11.4 Å². The van der Waals surface area contributed by atoms with Crippen LogP contribution in [0.5, 0.6) is 0 Å². The van der Waals surface area contributed by atoms with E-state index in [0.29, 0.717) is 28.7 Å². The fraction of sp³-hybridized carbons (Fsp3) is 0.333. The molecule has 1 aliphatic carbocycles. The molecule has 2 heterocycles. The molecule has 1 amide bonds. The fourth-order valence-electron chi connectivity index (χ4n) is 2.49. The number of carbonyl (C=O) groups is 1. The molecule has 8 nitrogen and oxygen atoms in total. The van der Waals surface area contributed by atoms with Crippen LogP contribution < -0.4 is 5.32 Å². The first-order valence-corrected chi connectivity index (χ1v) is 8.54. The Balaban J connectivity index is 1.59. The maximum absolute atomic E-state index is 12.4. The van der Waals surface area contributed by atoms with E-state index in [-0.39, 0.29) is 5.91 Å². The number of anilines is 1. The van der Waals surface area contributed by atoms with Crippen LogP contribution >= 0.6 is 11.5 Å². The molecule has 1 aromatic carbocycles. The molecule has 24 heavy (non-hydrogen) atoms. The Hall–Kier alpha value is -2.68. The van der Waals surface area contributed by atoms with Crippen LogP contribution in [0.2, 0.25) is 0 Å². The Bertz CT molecular complexity index is 883. The lowest BCUT2D eigenvalue weighted by Gasteiger charge is -2.07. The van der Waals surface area contributed by atoms with Gasteiger partial charge in [0.2, 0.25) is 0 Å². The SMILES string of the molecule is CCc1nnsc1C(=O)Nc1cccc(-c2nnnn2C2CC2)c1. The van der Waals surface area contributed by atoms with Gasteiger partial charge in [0, 0.05) is 11.3 Å². The molecule has 2 aromatic heterocycles. The number of benzene rings is 1. The summed E-state index contributed by atoms with van der Waals surface area (Å²) in [5.74, 6) is 0.531. The summed E-state index contributed by atoms with van der Waals surface area (Å²) >= 11 is 1.11. The van der Waals surface area contributed by atoms with Crippen molar-refractivity contribution in [2.75, 3.05) is 5.32 Å². The largest absolute Gasteiger partial charge is 0.321 e. The number of amides is 1. The highest BCUT2D eigenvalue weighted by molar-refractivity contribution is 7.08. The summed E-state index contributed by atoms with van der Waals surface area (Å²) in [4.78, 5) is 13.0. The summed E-state index contributed by atoms with van der Waals surface area (Å²) in [7, 11) is 0. The van der Waals surface area contributed by atoms with Gasteiger partial charge in [-0.25, -0.2) is 4.68 Å². The minimum Gasteiger partial charge on any atom is -0.321 e. The molecule has 9 heteroatoms. The third-order valence-electron chi connectivity index (χ3n) is 3.86. The van der Waals surface area contributed by atoms with Crippen molar-refractivity contribution in [2.45, 2.75) is 32.2 Å². The predicted octanol–water partition coefficient (Wildman–Crippen LogP) is 2.34. The molecule has 122 valence electrons. The fourth-order valence-corrected chi connectivity index (χ4v) is 3.13. The van der Waals surface area contributed by atoms with Gasteiger partial charge in [0.05, 0.1) is 11.7 Å². The van der Waals surface area contributed by atoms with E-state index in [9.17, 15) is 4.79 Å². The summed E-state index contributed by atoms with van der Waals surface area (Å²) in [5.41, 5.74) is 2.28. The molecule has 0 saturated heterocycles. The highest BCUT2D eigenvalue weighted by atomic mass is 32.1. The van der Waals surface area contributed by atoms with Gasteiger partial charge < -0.3 is 5.32 Å². The highest BCUT2D eigenvalue weighted by Crippen LogP contribution is 2.36. The lowest BCUT2D eigenvalue weighted by Crippen LogP contribution is -2.12. The number of nitrogens with zero attached hydrogens (tertiary/aromatic N) is 6. The number of aromatic nitrogens is 6. The molecule has 0 aliphatic heterocycles. The molecule has 1 fully saturated rings. The molecular formula is C15H15N7OS. The number of hydrogen-bond acceptors (Lipinski definition) is 7. The number of tetrazole rings is 1. The molecule has 0 spiro atoms. The van der Waals surface area contributed by atoms with E-state index in [2.05, 4.69) is 30.4 Å². The lowest BCUT2D eigenvalue weighted by molar-refractivity contribution is 0.102. The number of aryl methyl sites for hydroxylation is 1. The number of rotatable bonds is 5. The van der Waals surface area contributed by atoms with Crippen LogP contribution in [0.15, 0.2) is 24.3 Å². The van der Waals surface area contributed by atoms with Gasteiger partial charge >= 0.3 is 0 Å². The second-order valence-corrected chi connectivity index (χ2v) is 6.37. The van der Waals surface area contributed by atoms with Crippen LogP contribution in [0.3, 0.4) is 0 Å². The van der Waals surface area contributed by atoms with E-state index < -0.39 is 0 Å². The molecule has 1 saturated carbocycles. The first-order valence-electron chi connectivity index (χ1n) is 7.77. The Morgan fingerprint density at radius 2 is 2.25 bits per heavy atom. The smallest absolute Gasteiger partial charge is 0.269 e. The average molecular weight is 341 g/mol. The van der Waals surface area contributed by atoms with Crippen LogP contribution in [0.25, 0.3) is 11.4 Å². The van der Waals surface area contributed by atoms with Crippen LogP contribution in [0.4, 0.5) is 5.69 Å². The normalized spacial score (nSPS) is 13.9. The van der Waals surface area contributed by atoms with Gasteiger partial charge in [-0.05, 0) is 53.4 Å². The van der Waals surface area contributed by atoms with Crippen LogP contribution in [-0.2, 0) is 6.42 Å². The minimum absolute atomic E-state index is 0.194. The first-order chi connectivity index (χ1) is 11.8. The molecule has 1 aliphatic rings. The van der Waals surface area contributed by atoms with Crippen molar-refractivity contribution in [1.82, 2.24) is 29.8 Å². The zero-order valence-electron chi connectivity index (χ0n) is 13.0. The van der Waals surface area contributed by atoms with Crippen molar-refractivity contribution >= 4 is 23.1 Å². The van der Waals surface area contributed by atoms with Gasteiger partial charge in [-0.3, -0.25) is 4.79 Å². The summed E-state index contributed by atoms with van der Waals surface area (Å²) in [6.07, 6.45) is 2.88. The van der Waals surface area contributed by atoms with E-state index in [0.717, 1.165) is 35.8 Å². The van der Waals surface area contributed by atoms with Crippen molar-refractivity contribution in [2.24, 2.45) is 0 Å². The van der Waals surface area contributed by atoms with E-state index in [1.807, 2.05) is 35.9 Å². The van der Waals surface area contributed by atoms with Gasteiger partial charge in [0.25, 0.3) is 5.91 Å². The summed E-state index contributed by atoms with van der Waals surface area (Å²) in [6, 6.07) is 7.92. The first kappa shape index (κ1) is 14.9. The van der Waals surface area contributed by atoms with E-state index >= 15 is 0 Å². The van der Waals surface area contributed by atoms with Crippen LogP contribution in [0.1, 0.15) is 41.2 Å². The standard InChI is InChI=1S/C15H15N7OS/c1-2-12-13(24-21-17-12)15(23)16-10-5-3-4-9(8-10)14-18-19-20-22(14)11-6-7-11/h3-5,8,11H,2,6-7H2,1H3,(H,16,23). The molecule has 1 N–H and O–H groups in total. The maximum Gasteiger partial charge on any atom is 0.269 e. The Morgan fingerprint density at radius 1 is 1.38 bits per heavy atom. The molecule has 3 aromatic rings. The van der Waals surface area contributed by atoms with E-state index in [4.69, 9.17) is 0 Å². The summed E-state index contributed by atoms with van der Waals surface area (Å²) in [6.45, 7) is 1.95. The third kappa shape index (κ3) is 2.78. The predicted molar refractivity (Wildman–Crippen MR) is 88.8 cm³/mol. The van der Waals surface area contributed by atoms with Crippen molar-refractivity contribution in [3.05, 3.63) is 34.8 Å². The van der Waals surface area contributed by atoms with Crippen LogP contribution in [-0.4, -0.2) is 35.7 Å². The monoisotopic (exact) mass is 341 g/mol. The molecule has 0 bridgehead atoms. The average Bonchev–Trinajstić information content (AvgIpc) is 3.14. The topological polar surface area (TPSA) is 98.5 Å². The molecule has 0 atom stereocenters. The van der Waals surface area contributed by atoms with E-state index in [1.54, 1.807) is 0 Å². The maximum atomic E-state index is 12.4. The quantitative estimate of drug-likeness (QED) is 0.765. The molecule has 0 radical (unpaired) electrons. The van der Waals surface area contributed by atoms with Crippen molar-refractivity contribution in [1.29, 1.82) is 0 Å². The molecule has 0 unspecified atom stereocenters. The Kier molecular flexibility index (Phi) is 3.77. The summed E-state index contributed by atoms with van der Waals surface area (Å²) < 4.78 is 5.70. The van der Waals surface area contributed by atoms with Crippen molar-refractivity contribution in [3.63, 3.8) is 0 Å². The minimum atomic E-state index is -0.194. The molecule has 4 rings (SSSR count). The Morgan fingerprint density at radius 3 is 3.04 bits per heavy atom. The van der Waals surface area contributed by atoms with Crippen LogP contribution in [0, 0.1) is 0 Å². The van der Waals surface area contributed by atoms with Gasteiger partial charge in [-0.2, -0.15) is 0 Å². The highest BCUT2D eigenvalue weighted by Gasteiger charge is 2.28. The lowest BCUT2D eigenvalue weighted by atomic mass is 10.2. The number of carbonyl (C=O) groups excluding carboxylic acids is 1. The van der Waals surface area contributed by atoms with Gasteiger partial charge in [0.1, 0.15) is 4.88 Å².